The van der Waals surface area contributed by atoms with Crippen LogP contribution >= 0.6 is 0 Å². The summed E-state index contributed by atoms with van der Waals surface area (Å²) in [6.45, 7) is 4.82. The molecular weight excluding hydrogens is 408 g/mol. The number of hydrogen-bond donors (Lipinski definition) is 1. The van der Waals surface area contributed by atoms with Crippen LogP contribution in [-0.4, -0.2) is 51.1 Å². The van der Waals surface area contributed by atoms with Gasteiger partial charge in [-0.05, 0) is 44.7 Å². The summed E-state index contributed by atoms with van der Waals surface area (Å²) in [7, 11) is 0. The van der Waals surface area contributed by atoms with E-state index in [1.807, 2.05) is 26.0 Å². The molecule has 1 N–H and O–H groups in total. The lowest BCUT2D eigenvalue weighted by Crippen LogP contribution is -2.32. The number of nitrogens with one attached hydrogen (secondary N) is 1. The molecule has 2 aromatic heterocycles. The highest BCUT2D eigenvalue weighted by Crippen LogP contribution is 2.34. The zero-order valence-electron chi connectivity index (χ0n) is 17.5. The summed E-state index contributed by atoms with van der Waals surface area (Å²) in [5.74, 6) is -2.13. The quantitative estimate of drug-likeness (QED) is 0.777. The Morgan fingerprint density at radius 2 is 2.03 bits per heavy atom. The van der Waals surface area contributed by atoms with Crippen molar-refractivity contribution < 1.29 is 23.0 Å². The Morgan fingerprint density at radius 1 is 1.26 bits per heavy atom. The fourth-order valence-corrected chi connectivity index (χ4v) is 3.74. The molecule has 1 fully saturated rings. The molecule has 1 aliphatic carbocycles. The third kappa shape index (κ3) is 5.25. The molecular formula is C21H25F2N5O3. The van der Waals surface area contributed by atoms with Crippen LogP contribution < -0.4 is 5.32 Å². The van der Waals surface area contributed by atoms with E-state index < -0.39 is 18.1 Å². The number of rotatable bonds is 4. The van der Waals surface area contributed by atoms with Gasteiger partial charge in [-0.3, -0.25) is 5.32 Å². The van der Waals surface area contributed by atoms with Crippen molar-refractivity contribution in [3.63, 3.8) is 0 Å². The van der Waals surface area contributed by atoms with Crippen molar-refractivity contribution in [2.75, 3.05) is 18.5 Å². The first-order valence-corrected chi connectivity index (χ1v) is 10.3. The molecule has 0 spiro atoms. The number of aromatic nitrogens is 4. The number of amides is 1. The van der Waals surface area contributed by atoms with Gasteiger partial charge < -0.3 is 9.47 Å². The van der Waals surface area contributed by atoms with Crippen LogP contribution in [0.1, 0.15) is 49.2 Å². The van der Waals surface area contributed by atoms with Crippen LogP contribution in [0.4, 0.5) is 19.4 Å². The third-order valence-electron chi connectivity index (χ3n) is 5.32. The van der Waals surface area contributed by atoms with Crippen molar-refractivity contribution in [2.45, 2.75) is 58.0 Å². The molecule has 166 valence electrons. The van der Waals surface area contributed by atoms with Gasteiger partial charge in [-0.1, -0.05) is 6.08 Å². The molecule has 8 nitrogen and oxygen atoms in total. The largest absolute Gasteiger partial charge is 0.446 e. The number of halogens is 2. The van der Waals surface area contributed by atoms with E-state index in [-0.39, 0.29) is 31.5 Å². The predicted octanol–water partition coefficient (Wildman–Crippen LogP) is 4.21. The van der Waals surface area contributed by atoms with Crippen molar-refractivity contribution >= 4 is 17.5 Å². The van der Waals surface area contributed by atoms with E-state index in [0.717, 1.165) is 23.4 Å². The summed E-state index contributed by atoms with van der Waals surface area (Å²) in [5.41, 5.74) is 3.17. The second kappa shape index (κ2) is 8.70. The Balaban J connectivity index is 1.56. The molecule has 10 heteroatoms. The summed E-state index contributed by atoms with van der Waals surface area (Å²) >= 11 is 0. The number of aryl methyl sites for hydroxylation is 2. The number of nitrogens with zero attached hydrogens (tertiary/aromatic N) is 4. The Kier molecular flexibility index (Phi) is 5.99. The first-order valence-electron chi connectivity index (χ1n) is 10.3. The minimum atomic E-state index is -2.68. The summed E-state index contributed by atoms with van der Waals surface area (Å²) < 4.78 is 39.1. The zero-order valence-corrected chi connectivity index (χ0v) is 17.5. The second-order valence-corrected chi connectivity index (χ2v) is 7.93. The van der Waals surface area contributed by atoms with Crippen LogP contribution in [0.5, 0.6) is 0 Å². The first-order chi connectivity index (χ1) is 14.8. The first kappa shape index (κ1) is 21.4. The number of ether oxygens (including phenoxy) is 2. The number of hydrogen-bond acceptors (Lipinski definition) is 6. The highest BCUT2D eigenvalue weighted by atomic mass is 19.3. The van der Waals surface area contributed by atoms with Crippen molar-refractivity contribution in [2.24, 2.45) is 0 Å². The summed E-state index contributed by atoms with van der Waals surface area (Å²) in [6.07, 6.45) is 1.26. The SMILES string of the molecule is Cc1cc(C)n(-c2nc(NC(=O)OC3CCC(F)(F)CC3)cc(C3=CCCOC3)n2)n1. The molecule has 4 rings (SSSR count). The average molecular weight is 433 g/mol. The maximum absolute atomic E-state index is 13.3. The molecule has 1 saturated carbocycles. The van der Waals surface area contributed by atoms with E-state index in [4.69, 9.17) is 9.47 Å². The van der Waals surface area contributed by atoms with Crippen LogP contribution in [0.2, 0.25) is 0 Å². The highest BCUT2D eigenvalue weighted by Gasteiger charge is 2.36. The monoisotopic (exact) mass is 433 g/mol. The van der Waals surface area contributed by atoms with E-state index in [1.54, 1.807) is 10.7 Å². The Hall–Kier alpha value is -2.88. The standard InChI is InChI=1S/C21H25F2N5O3/c1-13-10-14(2)28(27-13)19-24-17(15-4-3-9-30-12-15)11-18(25-19)26-20(29)31-16-5-7-21(22,23)8-6-16/h4,10-11,16H,3,5-9,12H2,1-2H3,(H,24,25,26,29). The van der Waals surface area contributed by atoms with Gasteiger partial charge in [0.1, 0.15) is 11.9 Å². The number of carbonyl (C=O) groups excluding carboxylic acids is 1. The maximum Gasteiger partial charge on any atom is 0.413 e. The maximum atomic E-state index is 13.3. The van der Waals surface area contributed by atoms with Crippen molar-refractivity contribution in [1.82, 2.24) is 19.7 Å². The van der Waals surface area contributed by atoms with Gasteiger partial charge in [0, 0.05) is 24.6 Å². The Morgan fingerprint density at radius 3 is 2.68 bits per heavy atom. The van der Waals surface area contributed by atoms with E-state index in [9.17, 15) is 13.6 Å². The minimum Gasteiger partial charge on any atom is -0.446 e. The fraction of sp³-hybridized carbons (Fsp3) is 0.524. The molecule has 3 heterocycles. The molecule has 0 radical (unpaired) electrons. The lowest BCUT2D eigenvalue weighted by molar-refractivity contribution is -0.0642. The van der Waals surface area contributed by atoms with Crippen molar-refractivity contribution in [1.29, 1.82) is 0 Å². The van der Waals surface area contributed by atoms with Crippen LogP contribution in [-0.2, 0) is 9.47 Å². The topological polar surface area (TPSA) is 91.2 Å². The summed E-state index contributed by atoms with van der Waals surface area (Å²) in [6, 6.07) is 3.55. The molecule has 0 bridgehead atoms. The lowest BCUT2D eigenvalue weighted by atomic mass is 9.94. The molecule has 31 heavy (non-hydrogen) atoms. The van der Waals surface area contributed by atoms with Gasteiger partial charge in [0.2, 0.25) is 5.92 Å². The van der Waals surface area contributed by atoms with Crippen molar-refractivity contribution in [3.05, 3.63) is 35.3 Å². The number of alkyl halides is 2. The summed E-state index contributed by atoms with van der Waals surface area (Å²) in [4.78, 5) is 21.4. The average Bonchev–Trinajstić information content (AvgIpc) is 3.08. The lowest BCUT2D eigenvalue weighted by Gasteiger charge is -2.27. The van der Waals surface area contributed by atoms with Crippen LogP contribution in [0.25, 0.3) is 11.5 Å². The van der Waals surface area contributed by atoms with Gasteiger partial charge >= 0.3 is 6.09 Å². The predicted molar refractivity (Wildman–Crippen MR) is 109 cm³/mol. The second-order valence-electron chi connectivity index (χ2n) is 7.93. The van der Waals surface area contributed by atoms with Gasteiger partial charge in [0.25, 0.3) is 5.95 Å². The van der Waals surface area contributed by atoms with Crippen LogP contribution in [0.3, 0.4) is 0 Å². The minimum absolute atomic E-state index is 0.136. The number of anilines is 1. The number of carbonyl (C=O) groups is 1. The van der Waals surface area contributed by atoms with E-state index in [0.29, 0.717) is 24.9 Å². The van der Waals surface area contributed by atoms with E-state index in [2.05, 4.69) is 20.4 Å². The van der Waals surface area contributed by atoms with Crippen LogP contribution in [0.15, 0.2) is 18.2 Å². The van der Waals surface area contributed by atoms with Crippen LogP contribution in [0, 0.1) is 13.8 Å². The van der Waals surface area contributed by atoms with Gasteiger partial charge in [-0.2, -0.15) is 10.1 Å². The Bertz CT molecular complexity index is 995. The molecule has 0 aromatic carbocycles. The Labute approximate surface area is 178 Å². The van der Waals surface area contributed by atoms with Gasteiger partial charge in [0.05, 0.1) is 24.6 Å². The fourth-order valence-electron chi connectivity index (χ4n) is 3.74. The van der Waals surface area contributed by atoms with Crippen molar-refractivity contribution in [3.8, 4) is 5.95 Å². The molecule has 1 amide bonds. The molecule has 0 atom stereocenters. The molecule has 0 saturated heterocycles. The van der Waals surface area contributed by atoms with E-state index in [1.165, 1.54) is 0 Å². The van der Waals surface area contributed by atoms with Gasteiger partial charge in [-0.15, -0.1) is 0 Å². The zero-order chi connectivity index (χ0) is 22.0. The molecule has 1 aliphatic heterocycles. The van der Waals surface area contributed by atoms with Gasteiger partial charge in [0.15, 0.2) is 0 Å². The van der Waals surface area contributed by atoms with E-state index >= 15 is 0 Å². The summed E-state index contributed by atoms with van der Waals surface area (Å²) in [5, 5.41) is 7.04. The van der Waals surface area contributed by atoms with Gasteiger partial charge in [-0.25, -0.2) is 23.2 Å². The molecule has 2 aromatic rings. The molecule has 0 unspecified atom stereocenters. The molecule has 2 aliphatic rings. The smallest absolute Gasteiger partial charge is 0.413 e. The normalized spacial score (nSPS) is 19.0. The third-order valence-corrected chi connectivity index (χ3v) is 5.32. The highest BCUT2D eigenvalue weighted by molar-refractivity contribution is 5.84.